The Morgan fingerprint density at radius 3 is 2.75 bits per heavy atom. The van der Waals surface area contributed by atoms with Gasteiger partial charge in [-0.15, -0.1) is 0 Å². The van der Waals surface area contributed by atoms with Crippen molar-refractivity contribution in [3.63, 3.8) is 0 Å². The standard InChI is InChI=1S/C5H6N3O3S/c1-11-4-5(12(6,9)10)8-3-2-7-4/h3H,1H3,(H2,6,9,10)/q+1. The van der Waals surface area contributed by atoms with Crippen molar-refractivity contribution in [2.24, 2.45) is 15.1 Å². The van der Waals surface area contributed by atoms with Crippen LogP contribution in [-0.4, -0.2) is 26.5 Å². The molecule has 1 aliphatic rings. The molecule has 6 nitrogen and oxygen atoms in total. The lowest BCUT2D eigenvalue weighted by Crippen LogP contribution is -2.32. The summed E-state index contributed by atoms with van der Waals surface area (Å²) in [5.41, 5.74) is 0. The lowest BCUT2D eigenvalue weighted by Gasteiger charge is -1.96. The Bertz CT molecular complexity index is 365. The van der Waals surface area contributed by atoms with Gasteiger partial charge in [0.2, 0.25) is 6.20 Å². The van der Waals surface area contributed by atoms with Gasteiger partial charge < -0.3 is 4.74 Å². The SMILES string of the molecule is COC1=N[C+]=CN=C1S(N)(=O)=O. The van der Waals surface area contributed by atoms with E-state index in [0.717, 1.165) is 6.20 Å². The normalized spacial score (nSPS) is 16.2. The lowest BCUT2D eigenvalue weighted by atomic mass is 10.6. The third-order valence-electron chi connectivity index (χ3n) is 1.05. The highest BCUT2D eigenvalue weighted by Gasteiger charge is 2.31. The predicted molar refractivity (Wildman–Crippen MR) is 42.8 cm³/mol. The number of nitrogens with zero attached hydrogens (tertiary/aromatic N) is 2. The Hall–Kier alpha value is -1.30. The molecule has 12 heavy (non-hydrogen) atoms. The molecule has 0 saturated carbocycles. The monoisotopic (exact) mass is 188 g/mol. The quantitative estimate of drug-likeness (QED) is 0.494. The number of sulfonamides is 1. The highest BCUT2D eigenvalue weighted by molar-refractivity contribution is 8.06. The van der Waals surface area contributed by atoms with Crippen LogP contribution >= 0.6 is 0 Å². The second kappa shape index (κ2) is 2.98. The Labute approximate surface area is 69.5 Å². The van der Waals surface area contributed by atoms with Gasteiger partial charge in [-0.25, -0.2) is 13.6 Å². The first kappa shape index (κ1) is 8.79. The molecule has 0 aliphatic carbocycles. The molecule has 0 amide bonds. The minimum Gasteiger partial charge on any atom is -0.389 e. The van der Waals surface area contributed by atoms with E-state index in [4.69, 9.17) is 5.14 Å². The van der Waals surface area contributed by atoms with Gasteiger partial charge in [-0.3, -0.25) is 0 Å². The molecule has 64 valence electrons. The van der Waals surface area contributed by atoms with E-state index in [-0.39, 0.29) is 10.9 Å². The van der Waals surface area contributed by atoms with E-state index in [9.17, 15) is 8.42 Å². The van der Waals surface area contributed by atoms with Gasteiger partial charge in [-0.05, 0) is 0 Å². The summed E-state index contributed by atoms with van der Waals surface area (Å²) in [7, 11) is -2.59. The molecule has 0 fully saturated rings. The maximum atomic E-state index is 10.8. The molecule has 1 heterocycles. The summed E-state index contributed by atoms with van der Waals surface area (Å²) >= 11 is 0. The third kappa shape index (κ3) is 1.65. The summed E-state index contributed by atoms with van der Waals surface area (Å²) < 4.78 is 26.2. The molecule has 0 saturated heterocycles. The number of primary sulfonamides is 1. The van der Waals surface area contributed by atoms with E-state index in [0.29, 0.717) is 0 Å². The van der Waals surface area contributed by atoms with E-state index in [1.54, 1.807) is 0 Å². The van der Waals surface area contributed by atoms with Crippen LogP contribution in [0.2, 0.25) is 0 Å². The average molecular weight is 188 g/mol. The van der Waals surface area contributed by atoms with Gasteiger partial charge in [0.05, 0.1) is 0 Å². The molecule has 0 aromatic heterocycles. The minimum absolute atomic E-state index is 0.153. The number of methoxy groups -OCH3 is 1. The van der Waals surface area contributed by atoms with Crippen LogP contribution in [0.1, 0.15) is 0 Å². The first-order chi connectivity index (χ1) is 5.55. The summed E-state index contributed by atoms with van der Waals surface area (Å²) in [4.78, 5) is 6.96. The van der Waals surface area contributed by atoms with Gasteiger partial charge in [-0.2, -0.15) is 4.99 Å². The fourth-order valence-electron chi connectivity index (χ4n) is 0.606. The highest BCUT2D eigenvalue weighted by Crippen LogP contribution is 1.99. The molecule has 2 N–H and O–H groups in total. The van der Waals surface area contributed by atoms with Crippen LogP contribution in [0.5, 0.6) is 0 Å². The number of hydrogen-bond acceptors (Lipinski definition) is 5. The number of aliphatic imine (C=N–C) groups is 2. The number of rotatable bonds is 0. The summed E-state index contributed by atoms with van der Waals surface area (Å²) in [5.74, 6) is -0.153. The van der Waals surface area contributed by atoms with Gasteiger partial charge in [0.15, 0.2) is 6.20 Å². The predicted octanol–water partition coefficient (Wildman–Crippen LogP) is -0.994. The third-order valence-corrected chi connectivity index (χ3v) is 1.87. The molecule has 0 radical (unpaired) electrons. The van der Waals surface area contributed by atoms with Crippen LogP contribution in [0, 0.1) is 6.20 Å². The number of nitrogens with two attached hydrogens (primary N) is 1. The minimum atomic E-state index is -3.86. The largest absolute Gasteiger partial charge is 0.403 e. The molecule has 0 aromatic rings. The molecule has 0 bridgehead atoms. The Balaban J connectivity index is 3.16. The fraction of sp³-hybridized carbons (Fsp3) is 0.200. The maximum Gasteiger partial charge on any atom is 0.403 e. The summed E-state index contributed by atoms with van der Waals surface area (Å²) in [6.07, 6.45) is 3.42. The molecular formula is C5H6N3O3S+. The van der Waals surface area contributed by atoms with Crippen LogP contribution in [0.4, 0.5) is 0 Å². The fourth-order valence-corrected chi connectivity index (χ4v) is 1.18. The molecule has 0 unspecified atom stereocenters. The molecule has 0 spiro atoms. The second-order valence-electron chi connectivity index (χ2n) is 1.86. The zero-order valence-corrected chi connectivity index (χ0v) is 7.00. The van der Waals surface area contributed by atoms with Gasteiger partial charge >= 0.3 is 10.9 Å². The first-order valence-electron chi connectivity index (χ1n) is 2.85. The van der Waals surface area contributed by atoms with E-state index in [1.165, 1.54) is 7.11 Å². The summed E-state index contributed by atoms with van der Waals surface area (Å²) in [6, 6.07) is 0. The van der Waals surface area contributed by atoms with Crippen LogP contribution in [-0.2, 0) is 14.8 Å². The van der Waals surface area contributed by atoms with Crippen molar-refractivity contribution >= 4 is 21.0 Å². The molecule has 1 aliphatic heterocycles. The lowest BCUT2D eigenvalue weighted by molar-refractivity contribution is 0.411. The zero-order chi connectivity index (χ0) is 9.19. The van der Waals surface area contributed by atoms with E-state index >= 15 is 0 Å². The molecule has 1 rings (SSSR count). The molecule has 0 atom stereocenters. The Kier molecular flexibility index (Phi) is 2.18. The van der Waals surface area contributed by atoms with Crippen molar-refractivity contribution < 1.29 is 13.2 Å². The number of hydrogen-bond donors (Lipinski definition) is 1. The van der Waals surface area contributed by atoms with E-state index < -0.39 is 10.0 Å². The van der Waals surface area contributed by atoms with Crippen molar-refractivity contribution in [3.05, 3.63) is 12.4 Å². The van der Waals surface area contributed by atoms with Gasteiger partial charge in [0.1, 0.15) is 7.11 Å². The van der Waals surface area contributed by atoms with Gasteiger partial charge in [-0.1, -0.05) is 0 Å². The van der Waals surface area contributed by atoms with Gasteiger partial charge in [0.25, 0.3) is 10.0 Å². The topological polar surface area (TPSA) is 94.1 Å². The van der Waals surface area contributed by atoms with Crippen molar-refractivity contribution in [1.29, 1.82) is 0 Å². The van der Waals surface area contributed by atoms with Crippen molar-refractivity contribution in [2.75, 3.05) is 7.11 Å². The Morgan fingerprint density at radius 1 is 1.67 bits per heavy atom. The van der Waals surface area contributed by atoms with E-state index in [1.807, 2.05) is 0 Å². The zero-order valence-electron chi connectivity index (χ0n) is 6.18. The maximum absolute atomic E-state index is 10.8. The van der Waals surface area contributed by atoms with E-state index in [2.05, 4.69) is 20.9 Å². The van der Waals surface area contributed by atoms with Crippen molar-refractivity contribution in [3.8, 4) is 0 Å². The molecule has 7 heteroatoms. The average Bonchev–Trinajstić information content (AvgIpc) is 2.03. The first-order valence-corrected chi connectivity index (χ1v) is 4.40. The van der Waals surface area contributed by atoms with Crippen molar-refractivity contribution in [1.82, 2.24) is 0 Å². The van der Waals surface area contributed by atoms with Crippen LogP contribution in [0.15, 0.2) is 16.2 Å². The Morgan fingerprint density at radius 2 is 2.33 bits per heavy atom. The number of ether oxygens (including phenoxy) is 1. The smallest absolute Gasteiger partial charge is 0.389 e. The van der Waals surface area contributed by atoms with Gasteiger partial charge in [0, 0.05) is 4.99 Å². The molecule has 0 aromatic carbocycles. The van der Waals surface area contributed by atoms with Crippen LogP contribution < -0.4 is 5.14 Å². The summed E-state index contributed by atoms with van der Waals surface area (Å²) in [6.45, 7) is 0. The summed E-state index contributed by atoms with van der Waals surface area (Å²) in [5, 5.41) is 4.42. The van der Waals surface area contributed by atoms with Crippen LogP contribution in [0.25, 0.3) is 0 Å². The molecular weight excluding hydrogens is 182 g/mol. The van der Waals surface area contributed by atoms with Crippen molar-refractivity contribution in [2.45, 2.75) is 0 Å². The van der Waals surface area contributed by atoms with Crippen LogP contribution in [0.3, 0.4) is 0 Å². The highest BCUT2D eigenvalue weighted by atomic mass is 32.2. The second-order valence-corrected chi connectivity index (χ2v) is 3.34.